The molecule has 0 atom stereocenters. The van der Waals surface area contributed by atoms with Crippen molar-refractivity contribution >= 4 is 34.9 Å². The summed E-state index contributed by atoms with van der Waals surface area (Å²) in [6.07, 6.45) is -0.256. The fraction of sp³-hybridized carbons (Fsp3) is 0.111. The van der Waals surface area contributed by atoms with Crippen LogP contribution in [0.1, 0.15) is 27.1 Å². The van der Waals surface area contributed by atoms with Crippen molar-refractivity contribution < 1.29 is 19.1 Å². The number of Topliss-reactive ketones (excluding diaryl/α,β-unsaturated/α-hetero) is 1. The first-order valence-electron chi connectivity index (χ1n) is 7.23. The van der Waals surface area contributed by atoms with Gasteiger partial charge in [0.2, 0.25) is 11.7 Å². The Labute approximate surface area is 149 Å². The minimum atomic E-state index is -0.671. The first-order chi connectivity index (χ1) is 12.0. The predicted octanol–water partition coefficient (Wildman–Crippen LogP) is 3.23. The highest BCUT2D eigenvalue weighted by molar-refractivity contribution is 6.34. The van der Waals surface area contributed by atoms with Gasteiger partial charge in [0, 0.05) is 11.3 Å². The molecular weight excluding hydrogens is 344 g/mol. The van der Waals surface area contributed by atoms with E-state index in [0.29, 0.717) is 10.7 Å². The van der Waals surface area contributed by atoms with Crippen LogP contribution in [0.4, 0.5) is 5.69 Å². The van der Waals surface area contributed by atoms with Crippen LogP contribution in [0.2, 0.25) is 5.02 Å². The number of nitrogens with one attached hydrogen (secondary N) is 1. The number of nitriles is 1. The summed E-state index contributed by atoms with van der Waals surface area (Å²) in [6, 6.07) is 14.1. The fourth-order valence-corrected chi connectivity index (χ4v) is 2.19. The molecule has 0 spiro atoms. The van der Waals surface area contributed by atoms with E-state index in [1.165, 1.54) is 24.3 Å². The van der Waals surface area contributed by atoms with Gasteiger partial charge in [0.15, 0.2) is 6.61 Å². The zero-order valence-corrected chi connectivity index (χ0v) is 13.7. The molecule has 0 bridgehead atoms. The van der Waals surface area contributed by atoms with Crippen molar-refractivity contribution in [2.75, 3.05) is 11.9 Å². The minimum absolute atomic E-state index is 0.227. The zero-order chi connectivity index (χ0) is 18.2. The summed E-state index contributed by atoms with van der Waals surface area (Å²) in [5, 5.41) is 11.2. The summed E-state index contributed by atoms with van der Waals surface area (Å²) in [5.41, 5.74) is 0.960. The predicted molar refractivity (Wildman–Crippen MR) is 91.4 cm³/mol. The molecule has 1 amide bonds. The number of rotatable bonds is 6. The number of hydrogen-bond donors (Lipinski definition) is 1. The molecule has 6 nitrogen and oxygen atoms in total. The lowest BCUT2D eigenvalue weighted by Crippen LogP contribution is -2.15. The molecule has 7 heteroatoms. The average molecular weight is 357 g/mol. The third kappa shape index (κ3) is 5.16. The number of amides is 1. The van der Waals surface area contributed by atoms with Crippen LogP contribution in [-0.2, 0) is 9.53 Å². The van der Waals surface area contributed by atoms with E-state index >= 15 is 0 Å². The van der Waals surface area contributed by atoms with E-state index in [1.54, 1.807) is 30.3 Å². The second-order valence-electron chi connectivity index (χ2n) is 4.94. The SMILES string of the molecule is N#CCC(=O)Nc1ccc(C(=O)OCC(=O)c2ccccc2Cl)cc1. The van der Waals surface area contributed by atoms with Crippen molar-refractivity contribution in [1.82, 2.24) is 0 Å². The monoisotopic (exact) mass is 356 g/mol. The van der Waals surface area contributed by atoms with Crippen molar-refractivity contribution in [2.45, 2.75) is 6.42 Å². The van der Waals surface area contributed by atoms with Gasteiger partial charge in [0.25, 0.3) is 0 Å². The molecule has 2 aromatic rings. The number of carbonyl (C=O) groups excluding carboxylic acids is 3. The topological polar surface area (TPSA) is 96.3 Å². The summed E-state index contributed by atoms with van der Waals surface area (Å²) in [6.45, 7) is -0.427. The number of halogens is 1. The lowest BCUT2D eigenvalue weighted by Gasteiger charge is -2.07. The quantitative estimate of drug-likeness (QED) is 0.633. The maximum Gasteiger partial charge on any atom is 0.338 e. The number of anilines is 1. The Balaban J connectivity index is 1.93. The normalized spacial score (nSPS) is 9.76. The van der Waals surface area contributed by atoms with Gasteiger partial charge >= 0.3 is 5.97 Å². The van der Waals surface area contributed by atoms with E-state index in [9.17, 15) is 14.4 Å². The number of nitrogens with zero attached hydrogens (tertiary/aromatic N) is 1. The highest BCUT2D eigenvalue weighted by Crippen LogP contribution is 2.16. The highest BCUT2D eigenvalue weighted by Gasteiger charge is 2.14. The maximum atomic E-state index is 12.0. The van der Waals surface area contributed by atoms with Crippen LogP contribution >= 0.6 is 11.6 Å². The first-order valence-corrected chi connectivity index (χ1v) is 7.61. The van der Waals surface area contributed by atoms with Gasteiger partial charge in [-0.25, -0.2) is 4.79 Å². The number of hydrogen-bond acceptors (Lipinski definition) is 5. The molecule has 0 aromatic heterocycles. The largest absolute Gasteiger partial charge is 0.454 e. The lowest BCUT2D eigenvalue weighted by molar-refractivity contribution is -0.115. The summed E-state index contributed by atoms with van der Waals surface area (Å²) in [5.74, 6) is -1.52. The van der Waals surface area contributed by atoms with Crippen LogP contribution in [0.5, 0.6) is 0 Å². The van der Waals surface area contributed by atoms with E-state index in [2.05, 4.69) is 5.32 Å². The van der Waals surface area contributed by atoms with Gasteiger partial charge in [0.05, 0.1) is 16.7 Å². The van der Waals surface area contributed by atoms with Gasteiger partial charge in [-0.3, -0.25) is 9.59 Å². The number of esters is 1. The number of ketones is 1. The van der Waals surface area contributed by atoms with Crippen molar-refractivity contribution in [3.05, 3.63) is 64.7 Å². The Morgan fingerprint density at radius 2 is 1.76 bits per heavy atom. The van der Waals surface area contributed by atoms with E-state index in [4.69, 9.17) is 21.6 Å². The molecular formula is C18H13ClN2O4. The molecule has 0 saturated carbocycles. The molecule has 0 aliphatic carbocycles. The van der Waals surface area contributed by atoms with E-state index in [-0.39, 0.29) is 17.5 Å². The van der Waals surface area contributed by atoms with Crippen LogP contribution in [0.25, 0.3) is 0 Å². The third-order valence-corrected chi connectivity index (χ3v) is 3.48. The number of ether oxygens (including phenoxy) is 1. The Bertz CT molecular complexity index is 841. The average Bonchev–Trinajstić information content (AvgIpc) is 2.60. The molecule has 0 heterocycles. The van der Waals surface area contributed by atoms with Gasteiger partial charge < -0.3 is 10.1 Å². The molecule has 126 valence electrons. The summed E-state index contributed by atoms with van der Waals surface area (Å²) >= 11 is 5.92. The van der Waals surface area contributed by atoms with Crippen LogP contribution in [0, 0.1) is 11.3 Å². The molecule has 2 rings (SSSR count). The molecule has 25 heavy (non-hydrogen) atoms. The molecule has 0 aliphatic heterocycles. The minimum Gasteiger partial charge on any atom is -0.454 e. The molecule has 0 fully saturated rings. The lowest BCUT2D eigenvalue weighted by atomic mass is 10.1. The third-order valence-electron chi connectivity index (χ3n) is 3.15. The molecule has 0 radical (unpaired) electrons. The smallest absolute Gasteiger partial charge is 0.338 e. The second-order valence-corrected chi connectivity index (χ2v) is 5.35. The molecule has 2 aromatic carbocycles. The summed E-state index contributed by atoms with van der Waals surface area (Å²) in [7, 11) is 0. The van der Waals surface area contributed by atoms with Gasteiger partial charge in [-0.15, -0.1) is 0 Å². The molecule has 0 aliphatic rings. The van der Waals surface area contributed by atoms with Crippen LogP contribution in [0.15, 0.2) is 48.5 Å². The molecule has 1 N–H and O–H groups in total. The van der Waals surface area contributed by atoms with Crippen molar-refractivity contribution in [3.8, 4) is 6.07 Å². The Kier molecular flexibility index (Phi) is 6.26. The number of carbonyl (C=O) groups is 3. The summed E-state index contributed by atoms with van der Waals surface area (Å²) in [4.78, 5) is 35.3. The second kappa shape index (κ2) is 8.62. The standard InChI is InChI=1S/C18H13ClN2O4/c19-15-4-2-1-3-14(15)16(22)11-25-18(24)12-5-7-13(8-6-12)21-17(23)9-10-20/h1-8H,9,11H2,(H,21,23). The van der Waals surface area contributed by atoms with Crippen LogP contribution in [0.3, 0.4) is 0 Å². The maximum absolute atomic E-state index is 12.0. The van der Waals surface area contributed by atoms with Crippen molar-refractivity contribution in [2.24, 2.45) is 0 Å². The zero-order valence-electron chi connectivity index (χ0n) is 13.0. The van der Waals surface area contributed by atoms with Crippen LogP contribution < -0.4 is 5.32 Å². The molecule has 0 saturated heterocycles. The van der Waals surface area contributed by atoms with Gasteiger partial charge in [0.1, 0.15) is 6.42 Å². The highest BCUT2D eigenvalue weighted by atomic mass is 35.5. The van der Waals surface area contributed by atoms with E-state index in [1.807, 2.05) is 0 Å². The van der Waals surface area contributed by atoms with Crippen molar-refractivity contribution in [1.29, 1.82) is 5.26 Å². The van der Waals surface area contributed by atoms with Gasteiger partial charge in [-0.1, -0.05) is 23.7 Å². The van der Waals surface area contributed by atoms with Gasteiger partial charge in [-0.05, 0) is 36.4 Å². The molecule has 0 unspecified atom stereocenters. The van der Waals surface area contributed by atoms with Crippen LogP contribution in [-0.4, -0.2) is 24.3 Å². The van der Waals surface area contributed by atoms with E-state index < -0.39 is 24.3 Å². The van der Waals surface area contributed by atoms with Crippen molar-refractivity contribution in [3.63, 3.8) is 0 Å². The Morgan fingerprint density at radius 3 is 2.40 bits per heavy atom. The number of benzene rings is 2. The van der Waals surface area contributed by atoms with Gasteiger partial charge in [-0.2, -0.15) is 5.26 Å². The Morgan fingerprint density at radius 1 is 1.08 bits per heavy atom. The summed E-state index contributed by atoms with van der Waals surface area (Å²) < 4.78 is 4.98. The van der Waals surface area contributed by atoms with E-state index in [0.717, 1.165) is 0 Å². The Hall–Kier alpha value is -3.17. The fourth-order valence-electron chi connectivity index (χ4n) is 1.95. The first kappa shape index (κ1) is 18.2.